The second-order valence-electron chi connectivity index (χ2n) is 9.46. The Kier molecular flexibility index (Phi) is 5.40. The summed E-state index contributed by atoms with van der Waals surface area (Å²) in [6.07, 6.45) is -8.63. The molecular weight excluding hydrogens is 522 g/mol. The first-order chi connectivity index (χ1) is 17.6. The lowest BCUT2D eigenvalue weighted by Gasteiger charge is -2.29. The Morgan fingerprint density at radius 3 is 2.39 bits per heavy atom. The topological polar surface area (TPSA) is 113 Å². The predicted octanol–water partition coefficient (Wildman–Crippen LogP) is 5.15. The van der Waals surface area contributed by atoms with Gasteiger partial charge in [0.15, 0.2) is 5.69 Å². The third kappa shape index (κ3) is 3.72. The maximum atomic E-state index is 13.5. The third-order valence-electron chi connectivity index (χ3n) is 7.05. The largest absolute Gasteiger partial charge is 0.494 e. The zero-order valence-electron chi connectivity index (χ0n) is 19.6. The van der Waals surface area contributed by atoms with Crippen molar-refractivity contribution >= 4 is 0 Å². The standard InChI is InChI=1S/C24H18F6N4O4/c1-21-7-12(9-37-16-6-15(24(28,29)30)32-10-33-16)22(2,38-21)18-17(21)19(35)34(20(18)36)13-4-3-11(8-31)14(5-13)23(25,26)27/h3-6,10,12,35-36H,7,9H2,1-2H3/t12-,21+,22-/m0/s1. The number of nitriles is 1. The van der Waals surface area contributed by atoms with E-state index in [1.807, 2.05) is 0 Å². The van der Waals surface area contributed by atoms with Crippen LogP contribution in [0.3, 0.4) is 0 Å². The quantitative estimate of drug-likeness (QED) is 0.440. The molecule has 14 heteroatoms. The fraction of sp³-hybridized carbons (Fsp3) is 0.375. The molecule has 0 aliphatic carbocycles. The molecule has 0 radical (unpaired) electrons. The first-order valence-electron chi connectivity index (χ1n) is 11.1. The number of hydrogen-bond acceptors (Lipinski definition) is 7. The van der Waals surface area contributed by atoms with Gasteiger partial charge in [-0.15, -0.1) is 0 Å². The average Bonchev–Trinajstić information content (AvgIpc) is 3.36. The second kappa shape index (κ2) is 8.00. The predicted molar refractivity (Wildman–Crippen MR) is 115 cm³/mol. The van der Waals surface area contributed by atoms with Crippen LogP contribution in [-0.4, -0.2) is 31.4 Å². The molecule has 0 unspecified atom stereocenters. The molecule has 1 fully saturated rings. The van der Waals surface area contributed by atoms with E-state index in [9.17, 15) is 36.6 Å². The summed E-state index contributed by atoms with van der Waals surface area (Å²) >= 11 is 0. The number of rotatable bonds is 4. The number of aromatic hydroxyl groups is 2. The Morgan fingerprint density at radius 1 is 1.08 bits per heavy atom. The number of halogens is 6. The highest BCUT2D eigenvalue weighted by Gasteiger charge is 2.64. The minimum Gasteiger partial charge on any atom is -0.494 e. The van der Waals surface area contributed by atoms with Gasteiger partial charge in [0.1, 0.15) is 11.9 Å². The molecule has 200 valence electrons. The summed E-state index contributed by atoms with van der Waals surface area (Å²) in [7, 11) is 0. The maximum Gasteiger partial charge on any atom is 0.433 e. The summed E-state index contributed by atoms with van der Waals surface area (Å²) in [5.41, 5.74) is -5.49. The Hall–Kier alpha value is -3.99. The van der Waals surface area contributed by atoms with Crippen LogP contribution in [0, 0.1) is 17.2 Å². The van der Waals surface area contributed by atoms with Crippen LogP contribution in [0.25, 0.3) is 5.69 Å². The number of nitrogens with zero attached hydrogens (tertiary/aromatic N) is 4. The van der Waals surface area contributed by atoms with Crippen LogP contribution in [0.2, 0.25) is 0 Å². The molecule has 38 heavy (non-hydrogen) atoms. The lowest BCUT2D eigenvalue weighted by Crippen LogP contribution is -2.33. The molecule has 1 aromatic carbocycles. The van der Waals surface area contributed by atoms with Gasteiger partial charge < -0.3 is 19.7 Å². The first-order valence-corrected chi connectivity index (χ1v) is 11.1. The third-order valence-corrected chi connectivity index (χ3v) is 7.05. The van der Waals surface area contributed by atoms with Crippen LogP contribution >= 0.6 is 0 Å². The second-order valence-corrected chi connectivity index (χ2v) is 9.46. The lowest BCUT2D eigenvalue weighted by molar-refractivity contribution is -0.141. The van der Waals surface area contributed by atoms with E-state index in [4.69, 9.17) is 14.7 Å². The number of fused-ring (bicyclic) bond motifs is 5. The highest BCUT2D eigenvalue weighted by molar-refractivity contribution is 5.62. The van der Waals surface area contributed by atoms with E-state index in [0.29, 0.717) is 18.5 Å². The van der Waals surface area contributed by atoms with E-state index in [-0.39, 0.29) is 35.7 Å². The zero-order valence-corrected chi connectivity index (χ0v) is 19.6. The molecule has 8 nitrogen and oxygen atoms in total. The molecule has 5 rings (SSSR count). The van der Waals surface area contributed by atoms with Crippen molar-refractivity contribution < 1.29 is 46.0 Å². The van der Waals surface area contributed by atoms with Crippen LogP contribution in [0.5, 0.6) is 17.6 Å². The van der Waals surface area contributed by atoms with Crippen molar-refractivity contribution in [3.8, 4) is 29.4 Å². The average molecular weight is 540 g/mol. The molecule has 4 heterocycles. The number of hydrogen-bond donors (Lipinski definition) is 2. The summed E-state index contributed by atoms with van der Waals surface area (Å²) in [5.74, 6) is -1.98. The van der Waals surface area contributed by atoms with Crippen molar-refractivity contribution in [2.24, 2.45) is 5.92 Å². The van der Waals surface area contributed by atoms with E-state index in [1.165, 1.54) is 6.07 Å². The fourth-order valence-electron chi connectivity index (χ4n) is 5.41. The summed E-state index contributed by atoms with van der Waals surface area (Å²) in [6, 6.07) is 4.85. The highest BCUT2D eigenvalue weighted by atomic mass is 19.4. The molecule has 2 aliphatic rings. The molecular formula is C24H18F6N4O4. The van der Waals surface area contributed by atoms with Gasteiger partial charge >= 0.3 is 12.4 Å². The van der Waals surface area contributed by atoms with Crippen molar-refractivity contribution in [3.63, 3.8) is 0 Å². The number of benzene rings is 1. The first kappa shape index (κ1) is 25.7. The Labute approximate surface area is 210 Å². The van der Waals surface area contributed by atoms with Crippen molar-refractivity contribution in [3.05, 3.63) is 58.5 Å². The van der Waals surface area contributed by atoms with E-state index in [1.54, 1.807) is 13.8 Å². The van der Waals surface area contributed by atoms with Gasteiger partial charge in [-0.1, -0.05) is 0 Å². The van der Waals surface area contributed by atoms with Gasteiger partial charge in [0.05, 0.1) is 46.2 Å². The van der Waals surface area contributed by atoms with Crippen molar-refractivity contribution in [2.45, 2.75) is 43.8 Å². The summed E-state index contributed by atoms with van der Waals surface area (Å²) < 4.78 is 92.0. The van der Waals surface area contributed by atoms with Gasteiger partial charge in [0.25, 0.3) is 0 Å². The molecule has 2 aromatic heterocycles. The maximum absolute atomic E-state index is 13.5. The van der Waals surface area contributed by atoms with Crippen molar-refractivity contribution in [1.29, 1.82) is 5.26 Å². The molecule has 0 saturated carbocycles. The highest BCUT2D eigenvalue weighted by Crippen LogP contribution is 2.66. The summed E-state index contributed by atoms with van der Waals surface area (Å²) in [4.78, 5) is 6.87. The van der Waals surface area contributed by atoms with Gasteiger partial charge in [-0.05, 0) is 38.5 Å². The Morgan fingerprint density at radius 2 is 1.76 bits per heavy atom. The molecule has 2 bridgehead atoms. The molecule has 3 atom stereocenters. The van der Waals surface area contributed by atoms with Crippen LogP contribution < -0.4 is 4.74 Å². The van der Waals surface area contributed by atoms with Gasteiger partial charge in [0, 0.05) is 12.0 Å². The minimum atomic E-state index is -4.86. The molecule has 1 saturated heterocycles. The molecule has 3 aromatic rings. The van der Waals surface area contributed by atoms with Crippen LogP contribution in [0.1, 0.15) is 48.2 Å². The van der Waals surface area contributed by atoms with Gasteiger partial charge in [-0.25, -0.2) is 9.97 Å². The Balaban J connectivity index is 1.52. The molecule has 0 amide bonds. The molecule has 2 N–H and O–H groups in total. The smallest absolute Gasteiger partial charge is 0.433 e. The van der Waals surface area contributed by atoms with Gasteiger partial charge in [-0.3, -0.25) is 4.57 Å². The SMILES string of the molecule is C[C@]12C[C@@H](COc3cc(C(F)(F)F)ncn3)[C@](C)(O1)c1c2c(O)n(-c2ccc(C#N)c(C(F)(F)F)c2)c1O. The van der Waals surface area contributed by atoms with Crippen molar-refractivity contribution in [2.75, 3.05) is 6.61 Å². The minimum absolute atomic E-state index is 0.119. The van der Waals surface area contributed by atoms with E-state index >= 15 is 0 Å². The summed E-state index contributed by atoms with van der Waals surface area (Å²) in [5, 5.41) is 31.2. The zero-order chi connectivity index (χ0) is 27.8. The number of alkyl halides is 6. The number of ether oxygens (including phenoxy) is 2. The molecule has 0 spiro atoms. The Bertz CT molecular complexity index is 1490. The number of aromatic nitrogens is 3. The van der Waals surface area contributed by atoms with Crippen LogP contribution in [0.15, 0.2) is 30.6 Å². The van der Waals surface area contributed by atoms with Crippen LogP contribution in [0.4, 0.5) is 26.3 Å². The van der Waals surface area contributed by atoms with Gasteiger partial charge in [-0.2, -0.15) is 31.6 Å². The normalized spacial score (nSPS) is 24.3. The lowest BCUT2D eigenvalue weighted by atomic mass is 9.73. The van der Waals surface area contributed by atoms with Crippen LogP contribution in [-0.2, 0) is 28.3 Å². The fourth-order valence-corrected chi connectivity index (χ4v) is 5.41. The van der Waals surface area contributed by atoms with Gasteiger partial charge in [0.2, 0.25) is 17.6 Å². The van der Waals surface area contributed by atoms with E-state index in [0.717, 1.165) is 16.7 Å². The summed E-state index contributed by atoms with van der Waals surface area (Å²) in [6.45, 7) is 3.02. The van der Waals surface area contributed by atoms with Crippen molar-refractivity contribution in [1.82, 2.24) is 14.5 Å². The van der Waals surface area contributed by atoms with E-state index in [2.05, 4.69) is 9.97 Å². The van der Waals surface area contributed by atoms with E-state index < -0.39 is 58.1 Å². The molecule has 2 aliphatic heterocycles. The monoisotopic (exact) mass is 540 g/mol.